The molecule has 0 aromatic carbocycles. The Morgan fingerprint density at radius 2 is 1.78 bits per heavy atom. The van der Waals surface area contributed by atoms with Gasteiger partial charge in [0.1, 0.15) is 0 Å². The number of aliphatic carboxylic acids is 1. The fourth-order valence-corrected chi connectivity index (χ4v) is 0. The first-order valence-corrected chi connectivity index (χ1v) is 2.59. The lowest BCUT2D eigenvalue weighted by Crippen LogP contribution is -2.03. The second-order valence-electron chi connectivity index (χ2n) is 1.72. The predicted octanol–water partition coefficient (Wildman–Crippen LogP) is 1.26. The summed E-state index contributed by atoms with van der Waals surface area (Å²) in [5, 5.41) is 15.3. The second kappa shape index (κ2) is 6.96. The van der Waals surface area contributed by atoms with E-state index in [1.807, 2.05) is 0 Å². The molecule has 0 rings (SSSR count). The van der Waals surface area contributed by atoms with Crippen molar-refractivity contribution in [3.63, 3.8) is 0 Å². The van der Waals surface area contributed by atoms with Gasteiger partial charge in [0.25, 0.3) is 0 Å². The molecule has 0 spiro atoms. The van der Waals surface area contributed by atoms with Gasteiger partial charge < -0.3 is 5.11 Å². The Kier molecular flexibility index (Phi) is 8.39. The average molecular weight is 129 g/mol. The molecule has 0 bridgehead atoms. The fraction of sp³-hybridized carbons (Fsp3) is 0.667. The van der Waals surface area contributed by atoms with Crippen LogP contribution in [0.1, 0.15) is 20.8 Å². The molecule has 0 heterocycles. The molecular formula is C6H11NO2. The van der Waals surface area contributed by atoms with E-state index in [0.717, 1.165) is 0 Å². The minimum absolute atomic E-state index is 0.231. The lowest BCUT2D eigenvalue weighted by atomic mass is 10.2. The Morgan fingerprint density at radius 1 is 1.67 bits per heavy atom. The Labute approximate surface area is 54.9 Å². The quantitative estimate of drug-likeness (QED) is 0.579. The van der Waals surface area contributed by atoms with Crippen LogP contribution in [0.4, 0.5) is 0 Å². The van der Waals surface area contributed by atoms with Gasteiger partial charge in [-0.1, -0.05) is 13.8 Å². The topological polar surface area (TPSA) is 61.1 Å². The zero-order chi connectivity index (χ0) is 7.86. The van der Waals surface area contributed by atoms with E-state index in [1.54, 1.807) is 19.9 Å². The van der Waals surface area contributed by atoms with Crippen LogP contribution in [0.15, 0.2) is 0 Å². The van der Waals surface area contributed by atoms with Gasteiger partial charge in [0, 0.05) is 6.92 Å². The van der Waals surface area contributed by atoms with Crippen molar-refractivity contribution >= 4 is 5.97 Å². The van der Waals surface area contributed by atoms with Crippen LogP contribution in [-0.2, 0) is 4.79 Å². The monoisotopic (exact) mass is 129 g/mol. The van der Waals surface area contributed by atoms with Crippen LogP contribution in [0.5, 0.6) is 0 Å². The Balaban J connectivity index is 0. The van der Waals surface area contributed by atoms with E-state index in [1.165, 1.54) is 6.92 Å². The van der Waals surface area contributed by atoms with Crippen molar-refractivity contribution in [3.8, 4) is 6.07 Å². The predicted molar refractivity (Wildman–Crippen MR) is 33.8 cm³/mol. The van der Waals surface area contributed by atoms with Crippen molar-refractivity contribution in [2.45, 2.75) is 20.8 Å². The van der Waals surface area contributed by atoms with E-state index in [2.05, 4.69) is 0 Å². The van der Waals surface area contributed by atoms with Gasteiger partial charge in [-0.2, -0.15) is 5.26 Å². The van der Waals surface area contributed by atoms with Gasteiger partial charge in [-0.15, -0.1) is 0 Å². The third-order valence-electron chi connectivity index (χ3n) is 0.494. The largest absolute Gasteiger partial charge is 0.481 e. The maximum atomic E-state index is 9.70. The van der Waals surface area contributed by atoms with Gasteiger partial charge in [0.15, 0.2) is 0 Å². The summed E-state index contributed by atoms with van der Waals surface area (Å²) in [6, 6.07) is 1.75. The van der Waals surface area contributed by atoms with Crippen LogP contribution in [0.3, 0.4) is 0 Å². The second-order valence-corrected chi connectivity index (χ2v) is 1.72. The molecule has 9 heavy (non-hydrogen) atoms. The van der Waals surface area contributed by atoms with Crippen molar-refractivity contribution in [1.29, 1.82) is 5.26 Å². The molecule has 0 aromatic heterocycles. The summed E-state index contributed by atoms with van der Waals surface area (Å²) < 4.78 is 0. The van der Waals surface area contributed by atoms with Gasteiger partial charge in [-0.05, 0) is 0 Å². The smallest absolute Gasteiger partial charge is 0.305 e. The molecule has 0 aliphatic rings. The number of hydrogen-bond acceptors (Lipinski definition) is 2. The molecule has 1 N–H and O–H groups in total. The minimum Gasteiger partial charge on any atom is -0.481 e. The van der Waals surface area contributed by atoms with Crippen LogP contribution in [-0.4, -0.2) is 11.1 Å². The van der Waals surface area contributed by atoms with Crippen molar-refractivity contribution in [2.75, 3.05) is 0 Å². The summed E-state index contributed by atoms with van der Waals surface area (Å²) in [5.74, 6) is -0.972. The van der Waals surface area contributed by atoms with E-state index in [-0.39, 0.29) is 5.92 Å². The molecule has 0 radical (unpaired) electrons. The third-order valence-corrected chi connectivity index (χ3v) is 0.494. The third kappa shape index (κ3) is 19.5. The number of carboxylic acid groups (broad SMARTS) is 1. The van der Waals surface area contributed by atoms with Crippen LogP contribution < -0.4 is 0 Å². The highest BCUT2D eigenvalue weighted by Gasteiger charge is 1.99. The number of hydrogen-bond donors (Lipinski definition) is 1. The van der Waals surface area contributed by atoms with Gasteiger partial charge in [0.2, 0.25) is 0 Å². The molecule has 3 nitrogen and oxygen atoms in total. The van der Waals surface area contributed by atoms with Crippen molar-refractivity contribution in [2.24, 2.45) is 5.92 Å². The van der Waals surface area contributed by atoms with E-state index >= 15 is 0 Å². The van der Waals surface area contributed by atoms with Crippen LogP contribution in [0.2, 0.25) is 0 Å². The maximum absolute atomic E-state index is 9.70. The van der Waals surface area contributed by atoms with Crippen LogP contribution in [0.25, 0.3) is 0 Å². The molecule has 0 saturated carbocycles. The highest BCUT2D eigenvalue weighted by atomic mass is 16.4. The number of carboxylic acids is 1. The summed E-state index contributed by atoms with van der Waals surface area (Å²) in [5.41, 5.74) is 0. The number of rotatable bonds is 1. The molecule has 52 valence electrons. The Bertz CT molecular complexity index is 113. The molecule has 0 aliphatic carbocycles. The molecular weight excluding hydrogens is 118 g/mol. The highest BCUT2D eigenvalue weighted by Crippen LogP contribution is 1.87. The van der Waals surface area contributed by atoms with Crippen molar-refractivity contribution < 1.29 is 9.90 Å². The number of nitriles is 1. The summed E-state index contributed by atoms with van der Waals surface area (Å²) >= 11 is 0. The highest BCUT2D eigenvalue weighted by molar-refractivity contribution is 5.68. The van der Waals surface area contributed by atoms with E-state index in [9.17, 15) is 4.79 Å². The first-order valence-electron chi connectivity index (χ1n) is 2.59. The zero-order valence-electron chi connectivity index (χ0n) is 5.88. The fourth-order valence-electron chi connectivity index (χ4n) is 0. The van der Waals surface area contributed by atoms with Crippen molar-refractivity contribution in [1.82, 2.24) is 0 Å². The van der Waals surface area contributed by atoms with Crippen LogP contribution >= 0.6 is 0 Å². The first kappa shape index (κ1) is 10.9. The Hall–Kier alpha value is -1.04. The maximum Gasteiger partial charge on any atom is 0.305 e. The molecule has 0 aromatic rings. The van der Waals surface area contributed by atoms with Gasteiger partial charge in [0.05, 0.1) is 12.0 Å². The standard InChI is InChI=1S/C4H8O2.C2H3N/c1-3(2)4(5)6;1-2-3/h3H,1-2H3,(H,5,6);1H3. The Morgan fingerprint density at radius 3 is 1.78 bits per heavy atom. The minimum atomic E-state index is -0.741. The number of nitrogens with zero attached hydrogens (tertiary/aromatic N) is 1. The molecule has 0 amide bonds. The van der Waals surface area contributed by atoms with Gasteiger partial charge in [-0.3, -0.25) is 4.79 Å². The van der Waals surface area contributed by atoms with E-state index in [4.69, 9.17) is 10.4 Å². The summed E-state index contributed by atoms with van der Waals surface area (Å²) in [4.78, 5) is 9.70. The molecule has 0 aliphatic heterocycles. The lowest BCUT2D eigenvalue weighted by Gasteiger charge is -1.89. The molecule has 0 fully saturated rings. The lowest BCUT2D eigenvalue weighted by molar-refractivity contribution is -0.140. The molecule has 0 unspecified atom stereocenters. The summed E-state index contributed by atoms with van der Waals surface area (Å²) in [7, 11) is 0. The molecule has 3 heteroatoms. The first-order chi connectivity index (χ1) is 4.06. The van der Waals surface area contributed by atoms with Gasteiger partial charge >= 0.3 is 5.97 Å². The van der Waals surface area contributed by atoms with Crippen LogP contribution in [0, 0.1) is 17.2 Å². The summed E-state index contributed by atoms with van der Waals surface area (Å²) in [6.07, 6.45) is 0. The SMILES string of the molecule is CC#N.CC(C)C(=O)O. The zero-order valence-corrected chi connectivity index (χ0v) is 5.88. The number of carbonyl (C=O) groups is 1. The van der Waals surface area contributed by atoms with Crippen molar-refractivity contribution in [3.05, 3.63) is 0 Å². The van der Waals surface area contributed by atoms with Gasteiger partial charge in [-0.25, -0.2) is 0 Å². The molecule has 0 atom stereocenters. The van der Waals surface area contributed by atoms with E-state index in [0.29, 0.717) is 0 Å². The normalized spacial score (nSPS) is 7.00. The summed E-state index contributed by atoms with van der Waals surface area (Å²) in [6.45, 7) is 4.71. The molecule has 0 saturated heterocycles. The average Bonchev–Trinajstić information content (AvgIpc) is 1.68. The van der Waals surface area contributed by atoms with E-state index < -0.39 is 5.97 Å².